The van der Waals surface area contributed by atoms with Gasteiger partial charge in [0.25, 0.3) is 0 Å². The van der Waals surface area contributed by atoms with Crippen molar-refractivity contribution >= 4 is 18.0 Å². The van der Waals surface area contributed by atoms with Gasteiger partial charge in [-0.15, -0.1) is 0 Å². The van der Waals surface area contributed by atoms with E-state index in [1.54, 1.807) is 77.9 Å². The lowest BCUT2D eigenvalue weighted by atomic mass is 10.1. The summed E-state index contributed by atoms with van der Waals surface area (Å²) in [4.78, 5) is 31.5. The highest BCUT2D eigenvalue weighted by Crippen LogP contribution is 2.17. The normalized spacial score (nSPS) is 12.1. The molecule has 172 valence electrons. The second-order valence-electron chi connectivity index (χ2n) is 9.12. The summed E-state index contributed by atoms with van der Waals surface area (Å²) >= 11 is 0. The van der Waals surface area contributed by atoms with Crippen LogP contribution in [0.5, 0.6) is 5.75 Å². The molecular formula is C24H31N3O5. The van der Waals surface area contributed by atoms with Gasteiger partial charge in [-0.2, -0.15) is 0 Å². The van der Waals surface area contributed by atoms with Gasteiger partial charge in [0.2, 0.25) is 0 Å². The topological polar surface area (TPSA) is 103 Å². The Hall–Kier alpha value is -3.55. The predicted molar refractivity (Wildman–Crippen MR) is 122 cm³/mol. The highest BCUT2D eigenvalue weighted by molar-refractivity contribution is 5.97. The summed E-state index contributed by atoms with van der Waals surface area (Å²) in [5.41, 5.74) is 5.79. The van der Waals surface area contributed by atoms with Gasteiger partial charge in [0, 0.05) is 5.56 Å². The third-order valence-electron chi connectivity index (χ3n) is 3.81. The van der Waals surface area contributed by atoms with Crippen LogP contribution in [-0.2, 0) is 16.0 Å². The maximum absolute atomic E-state index is 12.6. The number of nitrogens with two attached hydrogens (primary N) is 1. The maximum Gasteiger partial charge on any atom is 0.420 e. The number of amides is 2. The van der Waals surface area contributed by atoms with Crippen LogP contribution in [-0.4, -0.2) is 34.1 Å². The number of carbonyl (C=O) groups excluding carboxylic acids is 2. The molecule has 0 atom stereocenters. The molecule has 0 aliphatic carbocycles. The summed E-state index contributed by atoms with van der Waals surface area (Å²) in [7, 11) is 0. The van der Waals surface area contributed by atoms with E-state index < -0.39 is 23.4 Å². The van der Waals surface area contributed by atoms with E-state index in [4.69, 9.17) is 20.0 Å². The fourth-order valence-corrected chi connectivity index (χ4v) is 2.44. The molecule has 0 heterocycles. The fourth-order valence-electron chi connectivity index (χ4n) is 2.44. The molecule has 2 aromatic carbocycles. The number of imide groups is 1. The molecule has 8 nitrogen and oxygen atoms in total. The minimum absolute atomic E-state index is 0.0261. The van der Waals surface area contributed by atoms with Crippen molar-refractivity contribution in [3.8, 4) is 5.75 Å². The van der Waals surface area contributed by atoms with Gasteiger partial charge in [0.05, 0.1) is 6.54 Å². The first kappa shape index (κ1) is 24.7. The monoisotopic (exact) mass is 441 g/mol. The van der Waals surface area contributed by atoms with Crippen molar-refractivity contribution < 1.29 is 23.9 Å². The number of hydrogen-bond acceptors (Lipinski definition) is 6. The lowest BCUT2D eigenvalue weighted by Gasteiger charge is -2.28. The number of hydrogen-bond donors (Lipinski definition) is 1. The van der Waals surface area contributed by atoms with E-state index in [1.165, 1.54) is 0 Å². The first-order chi connectivity index (χ1) is 14.8. The minimum Gasteiger partial charge on any atom is -0.443 e. The van der Waals surface area contributed by atoms with Crippen molar-refractivity contribution in [3.05, 3.63) is 65.7 Å². The molecule has 0 radical (unpaired) electrons. The van der Waals surface area contributed by atoms with Crippen molar-refractivity contribution in [1.29, 1.82) is 0 Å². The number of carbonyl (C=O) groups is 2. The fraction of sp³-hybridized carbons (Fsp3) is 0.375. The van der Waals surface area contributed by atoms with Gasteiger partial charge in [-0.1, -0.05) is 47.6 Å². The number of ether oxygens (including phenoxy) is 2. The molecule has 0 saturated carbocycles. The Kier molecular flexibility index (Phi) is 7.86. The number of rotatable bonds is 5. The molecule has 2 aromatic rings. The van der Waals surface area contributed by atoms with Crippen LogP contribution >= 0.6 is 0 Å². The summed E-state index contributed by atoms with van der Waals surface area (Å²) in [5, 5.41) is 3.93. The third-order valence-corrected chi connectivity index (χ3v) is 3.81. The van der Waals surface area contributed by atoms with Crippen molar-refractivity contribution in [2.75, 3.05) is 0 Å². The van der Waals surface area contributed by atoms with E-state index in [0.717, 1.165) is 4.90 Å². The molecule has 0 aliphatic heterocycles. The average molecular weight is 442 g/mol. The molecule has 0 unspecified atom stereocenters. The molecule has 0 aromatic heterocycles. The number of oxime groups is 1. The Morgan fingerprint density at radius 1 is 0.844 bits per heavy atom. The summed E-state index contributed by atoms with van der Waals surface area (Å²) in [6.45, 7) is 10.3. The van der Waals surface area contributed by atoms with Crippen LogP contribution in [0.3, 0.4) is 0 Å². The number of benzene rings is 2. The number of amidine groups is 1. The standard InChI is InChI=1S/C24H31N3O5/c1-23(2,3)30-21(28)27(22(29)31-24(4,5)6)16-17-12-14-18(15-13-17)20(25)26-32-19-10-8-7-9-11-19/h7-15H,16H2,1-6H3,(H2,25,26). The molecular weight excluding hydrogens is 410 g/mol. The van der Waals surface area contributed by atoms with Crippen LogP contribution in [0.1, 0.15) is 52.7 Å². The van der Waals surface area contributed by atoms with E-state index in [2.05, 4.69) is 5.16 Å². The van der Waals surface area contributed by atoms with Gasteiger partial charge in [-0.3, -0.25) is 0 Å². The van der Waals surface area contributed by atoms with Gasteiger partial charge in [0.15, 0.2) is 11.6 Å². The number of para-hydroxylation sites is 1. The quantitative estimate of drug-likeness (QED) is 0.395. The van der Waals surface area contributed by atoms with Crippen LogP contribution in [0.2, 0.25) is 0 Å². The summed E-state index contributed by atoms with van der Waals surface area (Å²) in [6, 6.07) is 16.0. The second-order valence-corrected chi connectivity index (χ2v) is 9.12. The van der Waals surface area contributed by atoms with E-state index in [9.17, 15) is 9.59 Å². The van der Waals surface area contributed by atoms with Crippen molar-refractivity contribution in [3.63, 3.8) is 0 Å². The van der Waals surface area contributed by atoms with Crippen LogP contribution in [0.4, 0.5) is 9.59 Å². The zero-order chi connectivity index (χ0) is 23.9. The Morgan fingerprint density at radius 3 is 1.81 bits per heavy atom. The van der Waals surface area contributed by atoms with Gasteiger partial charge in [-0.25, -0.2) is 14.5 Å². The lowest BCUT2D eigenvalue weighted by Crippen LogP contribution is -2.43. The highest BCUT2D eigenvalue weighted by Gasteiger charge is 2.31. The van der Waals surface area contributed by atoms with E-state index in [1.807, 2.05) is 18.2 Å². The van der Waals surface area contributed by atoms with Crippen molar-refractivity contribution in [2.24, 2.45) is 10.9 Å². The predicted octanol–water partition coefficient (Wildman–Crippen LogP) is 5.06. The zero-order valence-electron chi connectivity index (χ0n) is 19.4. The Bertz CT molecular complexity index is 914. The Balaban J connectivity index is 2.15. The molecule has 0 bridgehead atoms. The van der Waals surface area contributed by atoms with Gasteiger partial charge >= 0.3 is 12.2 Å². The first-order valence-corrected chi connectivity index (χ1v) is 10.2. The molecule has 0 saturated heterocycles. The smallest absolute Gasteiger partial charge is 0.420 e. The third kappa shape index (κ3) is 8.29. The molecule has 2 amide bonds. The minimum atomic E-state index is -0.784. The van der Waals surface area contributed by atoms with E-state index >= 15 is 0 Å². The molecule has 0 aliphatic rings. The maximum atomic E-state index is 12.6. The molecule has 2 rings (SSSR count). The van der Waals surface area contributed by atoms with Crippen LogP contribution < -0.4 is 10.6 Å². The van der Waals surface area contributed by atoms with E-state index in [-0.39, 0.29) is 12.4 Å². The molecule has 32 heavy (non-hydrogen) atoms. The van der Waals surface area contributed by atoms with Crippen LogP contribution in [0, 0.1) is 0 Å². The van der Waals surface area contributed by atoms with E-state index in [0.29, 0.717) is 16.9 Å². The largest absolute Gasteiger partial charge is 0.443 e. The van der Waals surface area contributed by atoms with Gasteiger partial charge < -0.3 is 20.0 Å². The zero-order valence-corrected chi connectivity index (χ0v) is 19.4. The molecule has 0 spiro atoms. The Morgan fingerprint density at radius 2 is 1.34 bits per heavy atom. The molecule has 2 N–H and O–H groups in total. The highest BCUT2D eigenvalue weighted by atomic mass is 16.6. The van der Waals surface area contributed by atoms with Crippen LogP contribution in [0.25, 0.3) is 0 Å². The second kappa shape index (κ2) is 10.2. The summed E-state index contributed by atoms with van der Waals surface area (Å²) in [5.74, 6) is 0.758. The van der Waals surface area contributed by atoms with Gasteiger partial charge in [0.1, 0.15) is 11.2 Å². The summed E-state index contributed by atoms with van der Waals surface area (Å²) < 4.78 is 10.7. The number of nitrogens with zero attached hydrogens (tertiary/aromatic N) is 2. The van der Waals surface area contributed by atoms with Crippen LogP contribution in [0.15, 0.2) is 59.8 Å². The molecule has 0 fully saturated rings. The Labute approximate surface area is 188 Å². The summed E-state index contributed by atoms with van der Waals surface area (Å²) in [6.07, 6.45) is -1.57. The van der Waals surface area contributed by atoms with Crippen molar-refractivity contribution in [1.82, 2.24) is 4.90 Å². The van der Waals surface area contributed by atoms with Crippen molar-refractivity contribution in [2.45, 2.75) is 59.3 Å². The SMILES string of the molecule is CC(C)(C)OC(=O)N(Cc1ccc(/C(N)=N/Oc2ccccc2)cc1)C(=O)OC(C)(C)C. The first-order valence-electron chi connectivity index (χ1n) is 10.2. The van der Waals surface area contributed by atoms with Gasteiger partial charge in [-0.05, 0) is 59.2 Å². The molecule has 8 heteroatoms. The lowest BCUT2D eigenvalue weighted by molar-refractivity contribution is -0.000248. The average Bonchev–Trinajstić information content (AvgIpc) is 2.68.